The molecule has 0 radical (unpaired) electrons. The normalized spacial score (nSPS) is 17.3. The van der Waals surface area contributed by atoms with Gasteiger partial charge in [0.2, 0.25) is 10.0 Å². The number of hydrogen-bond acceptors (Lipinski definition) is 4. The molecule has 6 heteroatoms. The average Bonchev–Trinajstić information content (AvgIpc) is 2.17. The van der Waals surface area contributed by atoms with Crippen LogP contribution in [0.1, 0.15) is 25.7 Å². The molecule has 0 fully saturated rings. The average molecular weight is 233 g/mol. The van der Waals surface area contributed by atoms with E-state index in [4.69, 9.17) is 0 Å². The lowest BCUT2D eigenvalue weighted by atomic mass is 10.2. The summed E-state index contributed by atoms with van der Waals surface area (Å²) in [5.74, 6) is 1.07. The summed E-state index contributed by atoms with van der Waals surface area (Å²) in [6.07, 6.45) is 5.37. The Morgan fingerprint density at radius 2 is 2.13 bits per heavy atom. The minimum atomic E-state index is -3.04. The van der Waals surface area contributed by atoms with E-state index in [0.29, 0.717) is 6.54 Å². The van der Waals surface area contributed by atoms with E-state index in [0.717, 1.165) is 31.8 Å². The Morgan fingerprint density at radius 3 is 2.73 bits per heavy atom. The van der Waals surface area contributed by atoms with Gasteiger partial charge in [-0.15, -0.1) is 0 Å². The third-order valence-corrected chi connectivity index (χ3v) is 2.90. The maximum absolute atomic E-state index is 10.7. The molecular formula is C9H19N3O2S. The van der Waals surface area contributed by atoms with Gasteiger partial charge < -0.3 is 5.32 Å². The zero-order valence-corrected chi connectivity index (χ0v) is 9.94. The molecule has 1 rings (SSSR count). The van der Waals surface area contributed by atoms with E-state index < -0.39 is 10.0 Å². The molecule has 15 heavy (non-hydrogen) atoms. The second-order valence-corrected chi connectivity index (χ2v) is 5.57. The van der Waals surface area contributed by atoms with Crippen LogP contribution in [0.15, 0.2) is 4.99 Å². The van der Waals surface area contributed by atoms with Crippen LogP contribution in [0.25, 0.3) is 0 Å². The molecule has 0 aromatic rings. The summed E-state index contributed by atoms with van der Waals surface area (Å²) in [6, 6.07) is 0. The van der Waals surface area contributed by atoms with Gasteiger partial charge in [-0.1, -0.05) is 0 Å². The Morgan fingerprint density at radius 1 is 1.33 bits per heavy atom. The Labute approximate surface area is 91.4 Å². The van der Waals surface area contributed by atoms with Crippen LogP contribution in [0.3, 0.4) is 0 Å². The summed E-state index contributed by atoms with van der Waals surface area (Å²) in [7, 11) is -3.04. The second-order valence-electron chi connectivity index (χ2n) is 3.73. The lowest BCUT2D eigenvalue weighted by Crippen LogP contribution is -2.30. The predicted octanol–water partition coefficient (Wildman–Crippen LogP) is 0.0977. The summed E-state index contributed by atoms with van der Waals surface area (Å²) in [5, 5.41) is 3.22. The summed E-state index contributed by atoms with van der Waals surface area (Å²) in [4.78, 5) is 4.34. The largest absolute Gasteiger partial charge is 0.374 e. The van der Waals surface area contributed by atoms with Crippen LogP contribution >= 0.6 is 0 Å². The number of hydrogen-bond donors (Lipinski definition) is 2. The lowest BCUT2D eigenvalue weighted by molar-refractivity contribution is 0.584. The number of amidine groups is 1. The van der Waals surface area contributed by atoms with Gasteiger partial charge in [0, 0.05) is 26.1 Å². The summed E-state index contributed by atoms with van der Waals surface area (Å²) in [6.45, 7) is 2.18. The number of nitrogens with one attached hydrogen (secondary N) is 2. The molecule has 0 saturated heterocycles. The topological polar surface area (TPSA) is 70.6 Å². The van der Waals surface area contributed by atoms with Crippen molar-refractivity contribution in [2.45, 2.75) is 25.7 Å². The monoisotopic (exact) mass is 233 g/mol. The van der Waals surface area contributed by atoms with E-state index in [1.165, 1.54) is 19.1 Å². The maximum Gasteiger partial charge on any atom is 0.208 e. The third-order valence-electron chi connectivity index (χ3n) is 2.17. The summed E-state index contributed by atoms with van der Waals surface area (Å²) in [5.41, 5.74) is 0. The van der Waals surface area contributed by atoms with Gasteiger partial charge in [-0.25, -0.2) is 13.1 Å². The van der Waals surface area contributed by atoms with Gasteiger partial charge in [-0.2, -0.15) is 0 Å². The van der Waals surface area contributed by atoms with E-state index in [1.54, 1.807) is 0 Å². The molecule has 0 atom stereocenters. The van der Waals surface area contributed by atoms with Crippen molar-refractivity contribution in [1.29, 1.82) is 0 Å². The quantitative estimate of drug-likeness (QED) is 0.662. The highest BCUT2D eigenvalue weighted by atomic mass is 32.2. The van der Waals surface area contributed by atoms with Crippen molar-refractivity contribution >= 4 is 15.9 Å². The highest BCUT2D eigenvalue weighted by Crippen LogP contribution is 2.03. The third kappa shape index (κ3) is 6.46. The van der Waals surface area contributed by atoms with Gasteiger partial charge in [0.05, 0.1) is 12.1 Å². The van der Waals surface area contributed by atoms with E-state index in [2.05, 4.69) is 15.0 Å². The molecule has 0 saturated carbocycles. The zero-order chi connectivity index (χ0) is 11.1. The molecule has 0 amide bonds. The summed E-state index contributed by atoms with van der Waals surface area (Å²) >= 11 is 0. The van der Waals surface area contributed by atoms with Crippen LogP contribution in [-0.4, -0.2) is 40.1 Å². The van der Waals surface area contributed by atoms with Crippen molar-refractivity contribution in [1.82, 2.24) is 10.0 Å². The van der Waals surface area contributed by atoms with Crippen LogP contribution < -0.4 is 10.0 Å². The molecule has 0 aromatic carbocycles. The fourth-order valence-electron chi connectivity index (χ4n) is 1.42. The first-order chi connectivity index (χ1) is 7.08. The molecule has 0 aliphatic carbocycles. The molecule has 88 valence electrons. The van der Waals surface area contributed by atoms with Crippen molar-refractivity contribution in [2.75, 3.05) is 25.9 Å². The Bertz CT molecular complexity index is 311. The van der Waals surface area contributed by atoms with Crippen molar-refractivity contribution in [3.8, 4) is 0 Å². The Hall–Kier alpha value is -0.620. The van der Waals surface area contributed by atoms with E-state index in [1.807, 2.05) is 0 Å². The van der Waals surface area contributed by atoms with Gasteiger partial charge in [0.15, 0.2) is 0 Å². The fraction of sp³-hybridized carbons (Fsp3) is 0.889. The fourth-order valence-corrected chi connectivity index (χ4v) is 1.94. The van der Waals surface area contributed by atoms with Gasteiger partial charge in [0.25, 0.3) is 0 Å². The van der Waals surface area contributed by atoms with Crippen molar-refractivity contribution in [2.24, 2.45) is 4.99 Å². The number of aliphatic imine (C=N–C) groups is 1. The molecule has 1 heterocycles. The number of sulfonamides is 1. The predicted molar refractivity (Wildman–Crippen MR) is 61.6 cm³/mol. The smallest absolute Gasteiger partial charge is 0.208 e. The first-order valence-electron chi connectivity index (χ1n) is 5.30. The molecule has 0 unspecified atom stereocenters. The van der Waals surface area contributed by atoms with Crippen molar-refractivity contribution < 1.29 is 8.42 Å². The van der Waals surface area contributed by atoms with Crippen LogP contribution in [0.2, 0.25) is 0 Å². The van der Waals surface area contributed by atoms with E-state index in [-0.39, 0.29) is 0 Å². The van der Waals surface area contributed by atoms with Gasteiger partial charge in [-0.05, 0) is 19.3 Å². The van der Waals surface area contributed by atoms with Crippen LogP contribution in [0, 0.1) is 0 Å². The Kier molecular flexibility index (Phi) is 5.04. The summed E-state index contributed by atoms with van der Waals surface area (Å²) < 4.78 is 23.9. The van der Waals surface area contributed by atoms with Crippen LogP contribution in [-0.2, 0) is 10.0 Å². The number of rotatable bonds is 5. The molecule has 1 aliphatic rings. The van der Waals surface area contributed by atoms with Crippen molar-refractivity contribution in [3.63, 3.8) is 0 Å². The first kappa shape index (κ1) is 12.4. The zero-order valence-electron chi connectivity index (χ0n) is 9.12. The highest BCUT2D eigenvalue weighted by Gasteiger charge is 2.04. The van der Waals surface area contributed by atoms with Gasteiger partial charge in [0.1, 0.15) is 0 Å². The number of nitrogens with zero attached hydrogens (tertiary/aromatic N) is 1. The molecule has 1 aliphatic heterocycles. The SMILES string of the molecule is CS(=O)(=O)NCCCNC1=NCCCC1. The minimum Gasteiger partial charge on any atom is -0.374 e. The molecule has 0 aromatic heterocycles. The maximum atomic E-state index is 10.7. The second kappa shape index (κ2) is 6.07. The molecule has 0 spiro atoms. The minimum absolute atomic E-state index is 0.485. The van der Waals surface area contributed by atoms with E-state index >= 15 is 0 Å². The standard InChI is InChI=1S/C9H19N3O2S/c1-15(13,14)12-8-4-7-11-9-5-2-3-6-10-9/h12H,2-8H2,1H3,(H,10,11). The first-order valence-corrected chi connectivity index (χ1v) is 7.19. The van der Waals surface area contributed by atoms with Crippen molar-refractivity contribution in [3.05, 3.63) is 0 Å². The van der Waals surface area contributed by atoms with Crippen LogP contribution in [0.5, 0.6) is 0 Å². The Balaban J connectivity index is 2.04. The van der Waals surface area contributed by atoms with Gasteiger partial charge >= 0.3 is 0 Å². The molecule has 5 nitrogen and oxygen atoms in total. The lowest BCUT2D eigenvalue weighted by Gasteiger charge is -2.13. The molecular weight excluding hydrogens is 214 g/mol. The molecule has 2 N–H and O–H groups in total. The van der Waals surface area contributed by atoms with Crippen LogP contribution in [0.4, 0.5) is 0 Å². The van der Waals surface area contributed by atoms with Gasteiger partial charge in [-0.3, -0.25) is 4.99 Å². The molecule has 0 bridgehead atoms. The van der Waals surface area contributed by atoms with E-state index in [9.17, 15) is 8.42 Å². The highest BCUT2D eigenvalue weighted by molar-refractivity contribution is 7.88.